The molecule has 0 unspecified atom stereocenters. The van der Waals surface area contributed by atoms with Crippen molar-refractivity contribution in [2.45, 2.75) is 6.54 Å². The first kappa shape index (κ1) is 27.5. The highest BCUT2D eigenvalue weighted by Gasteiger charge is 2.20. The Labute approximate surface area is 247 Å². The van der Waals surface area contributed by atoms with E-state index in [0.29, 0.717) is 21.5 Å². The van der Waals surface area contributed by atoms with Gasteiger partial charge in [-0.25, -0.2) is 0 Å². The summed E-state index contributed by atoms with van der Waals surface area (Å²) in [4.78, 5) is 17.3. The number of amides is 1. The third kappa shape index (κ3) is 6.93. The van der Waals surface area contributed by atoms with Gasteiger partial charge >= 0.3 is 0 Å². The molecule has 6 nitrogen and oxygen atoms in total. The van der Waals surface area contributed by atoms with E-state index in [1.165, 1.54) is 0 Å². The first-order valence-electron chi connectivity index (χ1n) is 12.3. The van der Waals surface area contributed by atoms with Crippen LogP contribution in [0.15, 0.2) is 83.3 Å². The monoisotopic (exact) mass is 598 g/mol. The van der Waals surface area contributed by atoms with Gasteiger partial charge in [0.1, 0.15) is 5.76 Å². The Balaban J connectivity index is 1.14. The van der Waals surface area contributed by atoms with Crippen molar-refractivity contribution in [3.63, 3.8) is 0 Å². The largest absolute Gasteiger partial charge is 0.451 e. The van der Waals surface area contributed by atoms with E-state index in [-0.39, 0.29) is 10.9 Å². The number of nitrogens with one attached hydrogen (secondary N) is 2. The summed E-state index contributed by atoms with van der Waals surface area (Å²) in [7, 11) is 0. The quantitative estimate of drug-likeness (QED) is 0.226. The number of hydrogen-bond donors (Lipinski definition) is 2. The van der Waals surface area contributed by atoms with Crippen LogP contribution in [-0.2, 0) is 6.54 Å². The zero-order valence-electron chi connectivity index (χ0n) is 20.8. The molecule has 1 aromatic heterocycles. The fourth-order valence-corrected chi connectivity index (χ4v) is 5.24. The molecule has 0 aliphatic carbocycles. The number of rotatable bonds is 6. The normalized spacial score (nSPS) is 13.8. The summed E-state index contributed by atoms with van der Waals surface area (Å²) in [5, 5.41) is 7.83. The number of anilines is 2. The topological polar surface area (TPSA) is 60.8 Å². The SMILES string of the molecule is O=C(NC(=S)Nc1ccc(N2CCN(Cc3ccccc3Cl)CC2)c(Cl)c1)c1ccc(-c2ccc(Cl)cc2)o1. The third-order valence-corrected chi connectivity index (χ3v) is 7.58. The lowest BCUT2D eigenvalue weighted by Crippen LogP contribution is -2.46. The van der Waals surface area contributed by atoms with Crippen LogP contribution in [0.25, 0.3) is 11.3 Å². The molecule has 1 fully saturated rings. The summed E-state index contributed by atoms with van der Waals surface area (Å²) < 4.78 is 5.69. The van der Waals surface area contributed by atoms with Crippen molar-refractivity contribution < 1.29 is 9.21 Å². The lowest BCUT2D eigenvalue weighted by molar-refractivity contribution is 0.0951. The average Bonchev–Trinajstić information content (AvgIpc) is 3.42. The highest BCUT2D eigenvalue weighted by Crippen LogP contribution is 2.30. The maximum Gasteiger partial charge on any atom is 0.293 e. The Morgan fingerprint density at radius 2 is 1.62 bits per heavy atom. The van der Waals surface area contributed by atoms with E-state index in [0.717, 1.165) is 54.6 Å². The van der Waals surface area contributed by atoms with Crippen LogP contribution in [-0.4, -0.2) is 42.1 Å². The first-order valence-corrected chi connectivity index (χ1v) is 13.9. The predicted molar refractivity (Wildman–Crippen MR) is 163 cm³/mol. The molecule has 39 heavy (non-hydrogen) atoms. The van der Waals surface area contributed by atoms with Crippen LogP contribution in [0, 0.1) is 0 Å². The molecule has 2 N–H and O–H groups in total. The van der Waals surface area contributed by atoms with Crippen molar-refractivity contribution >= 4 is 69.4 Å². The average molecular weight is 600 g/mol. The van der Waals surface area contributed by atoms with Gasteiger partial charge in [0.2, 0.25) is 0 Å². The number of benzene rings is 3. The number of thiocarbonyl (C=S) groups is 1. The minimum absolute atomic E-state index is 0.140. The van der Waals surface area contributed by atoms with E-state index in [2.05, 4.69) is 26.5 Å². The van der Waals surface area contributed by atoms with E-state index < -0.39 is 5.91 Å². The van der Waals surface area contributed by atoms with Gasteiger partial charge in [0.25, 0.3) is 5.91 Å². The number of carbonyl (C=O) groups excluding carboxylic acids is 1. The van der Waals surface area contributed by atoms with Crippen LogP contribution >= 0.6 is 47.0 Å². The first-order chi connectivity index (χ1) is 18.9. The molecule has 3 aromatic carbocycles. The van der Waals surface area contributed by atoms with Crippen LogP contribution in [0.2, 0.25) is 15.1 Å². The van der Waals surface area contributed by atoms with Gasteiger partial charge in [-0.15, -0.1) is 0 Å². The van der Waals surface area contributed by atoms with Gasteiger partial charge in [-0.05, 0) is 78.4 Å². The summed E-state index contributed by atoms with van der Waals surface area (Å²) in [6.45, 7) is 4.35. The van der Waals surface area contributed by atoms with Crippen molar-refractivity contribution in [3.05, 3.63) is 105 Å². The van der Waals surface area contributed by atoms with Crippen LogP contribution < -0.4 is 15.5 Å². The molecule has 1 amide bonds. The van der Waals surface area contributed by atoms with Crippen molar-refractivity contribution in [3.8, 4) is 11.3 Å². The number of halogens is 3. The minimum atomic E-state index is -0.454. The van der Waals surface area contributed by atoms with Gasteiger partial charge in [-0.2, -0.15) is 0 Å². The Hall–Kier alpha value is -3.07. The van der Waals surface area contributed by atoms with Crippen molar-refractivity contribution in [1.29, 1.82) is 0 Å². The predicted octanol–water partition coefficient (Wildman–Crippen LogP) is 7.36. The van der Waals surface area contributed by atoms with E-state index >= 15 is 0 Å². The summed E-state index contributed by atoms with van der Waals surface area (Å²) in [5.74, 6) is 0.249. The molecule has 0 bridgehead atoms. The van der Waals surface area contributed by atoms with Gasteiger partial charge in [0.05, 0.1) is 10.7 Å². The van der Waals surface area contributed by atoms with Crippen molar-refractivity contribution in [2.75, 3.05) is 36.4 Å². The summed E-state index contributed by atoms with van der Waals surface area (Å²) in [6, 6.07) is 24.1. The Morgan fingerprint density at radius 3 is 2.33 bits per heavy atom. The highest BCUT2D eigenvalue weighted by atomic mass is 35.5. The summed E-state index contributed by atoms with van der Waals surface area (Å²) in [6.07, 6.45) is 0. The summed E-state index contributed by atoms with van der Waals surface area (Å²) in [5.41, 5.74) is 3.58. The number of piperazine rings is 1. The second-order valence-electron chi connectivity index (χ2n) is 9.10. The maximum atomic E-state index is 12.6. The zero-order chi connectivity index (χ0) is 27.4. The van der Waals surface area contributed by atoms with Gasteiger partial charge in [-0.1, -0.05) is 53.0 Å². The number of hydrogen-bond acceptors (Lipinski definition) is 5. The molecule has 5 rings (SSSR count). The smallest absolute Gasteiger partial charge is 0.293 e. The van der Waals surface area contributed by atoms with E-state index in [1.807, 2.05) is 42.5 Å². The van der Waals surface area contributed by atoms with Gasteiger partial charge in [-0.3, -0.25) is 15.0 Å². The molecule has 1 aliphatic rings. The molecule has 4 aromatic rings. The van der Waals surface area contributed by atoms with Crippen LogP contribution in [0.1, 0.15) is 16.1 Å². The number of nitrogens with zero attached hydrogens (tertiary/aromatic N) is 2. The van der Waals surface area contributed by atoms with Gasteiger partial charge in [0.15, 0.2) is 10.9 Å². The van der Waals surface area contributed by atoms with E-state index in [1.54, 1.807) is 30.3 Å². The molecule has 2 heterocycles. The Bertz CT molecular complexity index is 1480. The highest BCUT2D eigenvalue weighted by molar-refractivity contribution is 7.80. The molecule has 0 saturated carbocycles. The van der Waals surface area contributed by atoms with Crippen molar-refractivity contribution in [2.24, 2.45) is 0 Å². The van der Waals surface area contributed by atoms with E-state index in [4.69, 9.17) is 51.4 Å². The second-order valence-corrected chi connectivity index (χ2v) is 10.8. The molecule has 10 heteroatoms. The van der Waals surface area contributed by atoms with Crippen LogP contribution in [0.4, 0.5) is 11.4 Å². The van der Waals surface area contributed by atoms with Crippen LogP contribution in [0.3, 0.4) is 0 Å². The molecule has 1 saturated heterocycles. The lowest BCUT2D eigenvalue weighted by Gasteiger charge is -2.36. The van der Waals surface area contributed by atoms with Crippen molar-refractivity contribution in [1.82, 2.24) is 10.2 Å². The molecule has 200 valence electrons. The van der Waals surface area contributed by atoms with Gasteiger partial charge in [0, 0.05) is 54.0 Å². The molecule has 0 atom stereocenters. The number of furan rings is 1. The lowest BCUT2D eigenvalue weighted by atomic mass is 10.2. The fraction of sp³-hybridized carbons (Fsp3) is 0.172. The summed E-state index contributed by atoms with van der Waals surface area (Å²) >= 11 is 24.2. The van der Waals surface area contributed by atoms with Gasteiger partial charge < -0.3 is 14.6 Å². The van der Waals surface area contributed by atoms with Crippen LogP contribution in [0.5, 0.6) is 0 Å². The third-order valence-electron chi connectivity index (χ3n) is 6.46. The molecular weight excluding hydrogens is 575 g/mol. The molecule has 1 aliphatic heterocycles. The van der Waals surface area contributed by atoms with E-state index in [9.17, 15) is 4.79 Å². The zero-order valence-corrected chi connectivity index (χ0v) is 23.9. The Morgan fingerprint density at radius 1 is 0.872 bits per heavy atom. The Kier molecular flexibility index (Phi) is 8.75. The molecule has 0 spiro atoms. The number of carbonyl (C=O) groups is 1. The standard InChI is InChI=1S/C29H25Cl3N4O2S/c30-21-7-5-19(6-8-21)26-11-12-27(38-26)28(37)34-29(39)33-22-9-10-25(24(32)17-22)36-15-13-35(14-16-36)18-20-3-1-2-4-23(20)31/h1-12,17H,13-16,18H2,(H2,33,34,37,39). The minimum Gasteiger partial charge on any atom is -0.451 e. The maximum absolute atomic E-state index is 12.6. The second kappa shape index (κ2) is 12.4. The fourth-order valence-electron chi connectivity index (χ4n) is 4.41. The molecule has 0 radical (unpaired) electrons. The molecular formula is C29H25Cl3N4O2S.